The van der Waals surface area contributed by atoms with Crippen molar-refractivity contribution in [2.45, 2.75) is 49.8 Å². The zero-order valence-electron chi connectivity index (χ0n) is 19.0. The van der Waals surface area contributed by atoms with Crippen LogP contribution in [0, 0.1) is 6.92 Å². The number of furan rings is 1. The van der Waals surface area contributed by atoms with E-state index in [0.717, 1.165) is 16.2 Å². The number of anilines is 1. The van der Waals surface area contributed by atoms with Gasteiger partial charge in [0.25, 0.3) is 0 Å². The van der Waals surface area contributed by atoms with Crippen LogP contribution in [-0.2, 0) is 11.3 Å². The van der Waals surface area contributed by atoms with Gasteiger partial charge in [0.05, 0.1) is 0 Å². The van der Waals surface area contributed by atoms with Crippen molar-refractivity contribution in [2.75, 3.05) is 12.5 Å². The average Bonchev–Trinajstić information content (AvgIpc) is 3.50. The zero-order valence-corrected chi connectivity index (χ0v) is 19.8. The molecule has 4 aromatic rings. The SMILES string of the molecule is Cc1ccc(-c2cc3c(cc2Sc2nc4c(N)ncnc4n2CCC(=O)NC(C)C)OCO3)o1. The van der Waals surface area contributed by atoms with Crippen molar-refractivity contribution >= 4 is 34.7 Å². The smallest absolute Gasteiger partial charge is 0.231 e. The summed E-state index contributed by atoms with van der Waals surface area (Å²) in [5.74, 6) is 3.04. The van der Waals surface area contributed by atoms with E-state index >= 15 is 0 Å². The highest BCUT2D eigenvalue weighted by Crippen LogP contribution is 2.45. The summed E-state index contributed by atoms with van der Waals surface area (Å²) >= 11 is 1.41. The van der Waals surface area contributed by atoms with E-state index in [1.165, 1.54) is 18.1 Å². The van der Waals surface area contributed by atoms with Gasteiger partial charge >= 0.3 is 0 Å². The molecule has 0 bridgehead atoms. The minimum absolute atomic E-state index is 0.0512. The summed E-state index contributed by atoms with van der Waals surface area (Å²) < 4.78 is 19.0. The molecule has 1 aromatic carbocycles. The van der Waals surface area contributed by atoms with Gasteiger partial charge in [-0.2, -0.15) is 0 Å². The number of carbonyl (C=O) groups is 1. The fourth-order valence-electron chi connectivity index (χ4n) is 3.70. The monoisotopic (exact) mass is 480 g/mol. The lowest BCUT2D eigenvalue weighted by atomic mass is 10.1. The van der Waals surface area contributed by atoms with Gasteiger partial charge in [-0.05, 0) is 45.0 Å². The van der Waals surface area contributed by atoms with Crippen LogP contribution in [0.3, 0.4) is 0 Å². The Labute approximate surface area is 199 Å². The second kappa shape index (κ2) is 8.90. The molecule has 0 unspecified atom stereocenters. The maximum Gasteiger partial charge on any atom is 0.231 e. The number of benzene rings is 1. The molecule has 0 radical (unpaired) electrons. The van der Waals surface area contributed by atoms with Gasteiger partial charge in [-0.25, -0.2) is 15.0 Å². The van der Waals surface area contributed by atoms with Crippen LogP contribution < -0.4 is 20.5 Å². The third-order valence-corrected chi connectivity index (χ3v) is 6.27. The van der Waals surface area contributed by atoms with Gasteiger partial charge in [-0.3, -0.25) is 4.79 Å². The highest BCUT2D eigenvalue weighted by molar-refractivity contribution is 7.99. The van der Waals surface area contributed by atoms with E-state index in [0.29, 0.717) is 40.1 Å². The number of hydrogen-bond acceptors (Lipinski definition) is 9. The largest absolute Gasteiger partial charge is 0.461 e. The van der Waals surface area contributed by atoms with Crippen LogP contribution >= 0.6 is 11.8 Å². The number of fused-ring (bicyclic) bond motifs is 2. The summed E-state index contributed by atoms with van der Waals surface area (Å²) in [7, 11) is 0. The van der Waals surface area contributed by atoms with Crippen LogP contribution in [0.15, 0.2) is 45.1 Å². The van der Waals surface area contributed by atoms with Gasteiger partial charge in [0.2, 0.25) is 12.7 Å². The molecule has 0 fully saturated rings. The molecule has 0 spiro atoms. The minimum atomic E-state index is -0.0512. The van der Waals surface area contributed by atoms with Crippen molar-refractivity contribution in [3.63, 3.8) is 0 Å². The summed E-state index contributed by atoms with van der Waals surface area (Å²) in [5, 5.41) is 3.54. The fraction of sp³-hybridized carbons (Fsp3) is 0.304. The molecule has 34 heavy (non-hydrogen) atoms. The number of nitrogens with two attached hydrogens (primary N) is 1. The third kappa shape index (κ3) is 4.26. The van der Waals surface area contributed by atoms with Gasteiger partial charge in [-0.1, -0.05) is 11.8 Å². The number of aryl methyl sites for hydroxylation is 2. The maximum atomic E-state index is 12.3. The standard InChI is InChI=1S/C23H24N6O4S/c1-12(2)27-19(30)6-7-29-22-20(21(24)25-10-26-22)28-23(29)34-18-9-17-16(31-11-32-17)8-14(18)15-5-4-13(3)33-15/h4-5,8-10,12H,6-7,11H2,1-3H3,(H,27,30)(H2,24,25,26). The molecule has 0 saturated carbocycles. The molecular formula is C23H24N6O4S. The van der Waals surface area contributed by atoms with Crippen molar-refractivity contribution in [2.24, 2.45) is 0 Å². The lowest BCUT2D eigenvalue weighted by Gasteiger charge is -2.12. The fourth-order valence-corrected chi connectivity index (χ4v) is 4.76. The summed E-state index contributed by atoms with van der Waals surface area (Å²) in [4.78, 5) is 26.4. The normalized spacial score (nSPS) is 12.6. The zero-order chi connectivity index (χ0) is 23.8. The van der Waals surface area contributed by atoms with Gasteiger partial charge < -0.3 is 29.5 Å². The lowest BCUT2D eigenvalue weighted by Crippen LogP contribution is -2.30. The van der Waals surface area contributed by atoms with Crippen molar-refractivity contribution in [3.05, 3.63) is 36.4 Å². The van der Waals surface area contributed by atoms with Gasteiger partial charge in [-0.15, -0.1) is 0 Å². The number of imidazole rings is 1. The molecule has 3 aromatic heterocycles. The number of carbonyl (C=O) groups excluding carboxylic acids is 1. The van der Waals surface area contributed by atoms with Crippen molar-refractivity contribution in [1.82, 2.24) is 24.8 Å². The van der Waals surface area contributed by atoms with E-state index in [-0.39, 0.29) is 31.0 Å². The van der Waals surface area contributed by atoms with Crippen LogP contribution in [0.5, 0.6) is 11.5 Å². The first-order chi connectivity index (χ1) is 16.4. The Hall–Kier alpha value is -3.73. The van der Waals surface area contributed by atoms with Crippen molar-refractivity contribution in [1.29, 1.82) is 0 Å². The first-order valence-electron chi connectivity index (χ1n) is 10.8. The van der Waals surface area contributed by atoms with Gasteiger partial charge in [0.15, 0.2) is 33.6 Å². The first-order valence-corrected chi connectivity index (χ1v) is 11.6. The molecule has 3 N–H and O–H groups in total. The second-order valence-electron chi connectivity index (χ2n) is 8.16. The first kappa shape index (κ1) is 22.1. The number of amides is 1. The molecule has 1 aliphatic rings. The van der Waals surface area contributed by atoms with Crippen molar-refractivity contribution in [3.8, 4) is 22.8 Å². The summed E-state index contributed by atoms with van der Waals surface area (Å²) in [6.45, 7) is 6.30. The molecule has 0 aliphatic carbocycles. The Morgan fingerprint density at radius 1 is 1.24 bits per heavy atom. The molecule has 0 atom stereocenters. The number of hydrogen-bond donors (Lipinski definition) is 2. The molecule has 1 aliphatic heterocycles. The maximum absolute atomic E-state index is 12.3. The summed E-state index contributed by atoms with van der Waals surface area (Å²) in [5.41, 5.74) is 7.99. The third-order valence-electron chi connectivity index (χ3n) is 5.22. The van der Waals surface area contributed by atoms with Crippen LogP contribution in [-0.4, -0.2) is 38.3 Å². The highest BCUT2D eigenvalue weighted by Gasteiger charge is 2.23. The number of nitrogens with one attached hydrogen (secondary N) is 1. The number of aromatic nitrogens is 4. The van der Waals surface area contributed by atoms with E-state index in [1.807, 2.05) is 49.6 Å². The summed E-state index contributed by atoms with van der Waals surface area (Å²) in [6, 6.07) is 7.70. The Kier molecular flexibility index (Phi) is 5.78. The Morgan fingerprint density at radius 2 is 2.03 bits per heavy atom. The molecular weight excluding hydrogens is 456 g/mol. The van der Waals surface area contributed by atoms with Gasteiger partial charge in [0.1, 0.15) is 17.8 Å². The highest BCUT2D eigenvalue weighted by atomic mass is 32.2. The lowest BCUT2D eigenvalue weighted by molar-refractivity contribution is -0.121. The van der Waals surface area contributed by atoms with E-state index < -0.39 is 0 Å². The average molecular weight is 481 g/mol. The molecule has 5 rings (SSSR count). The second-order valence-corrected chi connectivity index (χ2v) is 9.17. The molecule has 1 amide bonds. The summed E-state index contributed by atoms with van der Waals surface area (Å²) in [6.07, 6.45) is 1.67. The van der Waals surface area contributed by atoms with Crippen LogP contribution in [0.2, 0.25) is 0 Å². The van der Waals surface area contributed by atoms with E-state index in [4.69, 9.17) is 24.6 Å². The molecule has 10 nitrogen and oxygen atoms in total. The van der Waals surface area contributed by atoms with Crippen LogP contribution in [0.25, 0.3) is 22.5 Å². The van der Waals surface area contributed by atoms with Gasteiger partial charge in [0, 0.05) is 29.5 Å². The van der Waals surface area contributed by atoms with Crippen LogP contribution in [0.4, 0.5) is 5.82 Å². The number of rotatable bonds is 7. The Bertz CT molecular complexity index is 1380. The number of ether oxygens (including phenoxy) is 2. The van der Waals surface area contributed by atoms with E-state index in [9.17, 15) is 4.79 Å². The molecule has 11 heteroatoms. The topological polar surface area (TPSA) is 130 Å². The predicted molar refractivity (Wildman–Crippen MR) is 127 cm³/mol. The predicted octanol–water partition coefficient (Wildman–Crippen LogP) is 3.77. The minimum Gasteiger partial charge on any atom is -0.461 e. The molecule has 4 heterocycles. The molecule has 0 saturated heterocycles. The van der Waals surface area contributed by atoms with Crippen LogP contribution in [0.1, 0.15) is 26.0 Å². The Balaban J connectivity index is 1.56. The number of nitrogen functional groups attached to an aromatic ring is 1. The van der Waals surface area contributed by atoms with E-state index in [2.05, 4.69) is 15.3 Å². The van der Waals surface area contributed by atoms with E-state index in [1.54, 1.807) is 0 Å². The Morgan fingerprint density at radius 3 is 2.76 bits per heavy atom. The van der Waals surface area contributed by atoms with Crippen molar-refractivity contribution < 1.29 is 18.7 Å². The molecule has 176 valence electrons. The quantitative estimate of drug-likeness (QED) is 0.406. The number of nitrogens with zero attached hydrogens (tertiary/aromatic N) is 4.